The maximum atomic E-state index is 12.9. The normalized spacial score (nSPS) is 12.5. The number of carbonyl (C=O) groups excluding carboxylic acids is 2. The molecule has 0 aromatic heterocycles. The first-order valence-electron chi connectivity index (χ1n) is 8.48. The fraction of sp³-hybridized carbons (Fsp3) is 0.263. The van der Waals surface area contributed by atoms with Crippen LogP contribution in [0.4, 0.5) is 10.1 Å². The topological polar surface area (TPSA) is 102 Å². The molecular weight excluding hydrogens is 387 g/mol. The second kappa shape index (κ2) is 8.94. The smallest absolute Gasteiger partial charge is 0.338 e. The summed E-state index contributed by atoms with van der Waals surface area (Å²) in [5, 5.41) is 2.54. The summed E-state index contributed by atoms with van der Waals surface area (Å²) >= 11 is 0. The van der Waals surface area contributed by atoms with E-state index in [4.69, 9.17) is 4.74 Å². The van der Waals surface area contributed by atoms with E-state index in [-0.39, 0.29) is 16.5 Å². The molecule has 28 heavy (non-hydrogen) atoms. The fourth-order valence-electron chi connectivity index (χ4n) is 2.21. The Morgan fingerprint density at radius 2 is 1.54 bits per heavy atom. The highest BCUT2D eigenvalue weighted by molar-refractivity contribution is 7.89. The molecule has 2 aromatic carbocycles. The standard InChI is InChI=1S/C19H21FN2O5S/c1-12(2)22-28(25,26)17-10-8-16(9-11-17)21-18(23)13(3)27-19(24)14-4-6-15(20)7-5-14/h4-13,22H,1-3H3,(H,21,23). The molecule has 0 fully saturated rings. The summed E-state index contributed by atoms with van der Waals surface area (Å²) in [6, 6.07) is 10.1. The van der Waals surface area contributed by atoms with Crippen LogP contribution in [0, 0.1) is 5.82 Å². The first-order valence-corrected chi connectivity index (χ1v) is 9.96. The van der Waals surface area contributed by atoms with Gasteiger partial charge in [0.2, 0.25) is 10.0 Å². The number of benzene rings is 2. The minimum atomic E-state index is -3.63. The Morgan fingerprint density at radius 1 is 0.964 bits per heavy atom. The lowest BCUT2D eigenvalue weighted by atomic mass is 10.2. The van der Waals surface area contributed by atoms with Gasteiger partial charge in [0.15, 0.2) is 6.10 Å². The largest absolute Gasteiger partial charge is 0.449 e. The van der Waals surface area contributed by atoms with Crippen LogP contribution in [-0.2, 0) is 19.6 Å². The van der Waals surface area contributed by atoms with Crippen molar-refractivity contribution >= 4 is 27.6 Å². The highest BCUT2D eigenvalue weighted by atomic mass is 32.2. The molecule has 0 spiro atoms. The van der Waals surface area contributed by atoms with E-state index in [2.05, 4.69) is 10.0 Å². The number of rotatable bonds is 7. The third kappa shape index (κ3) is 5.86. The molecule has 0 saturated carbocycles. The van der Waals surface area contributed by atoms with Gasteiger partial charge in [-0.15, -0.1) is 0 Å². The molecule has 0 bridgehead atoms. The minimum absolute atomic E-state index is 0.0648. The lowest BCUT2D eigenvalue weighted by molar-refractivity contribution is -0.123. The molecule has 2 N–H and O–H groups in total. The Morgan fingerprint density at radius 3 is 2.07 bits per heavy atom. The van der Waals surface area contributed by atoms with Gasteiger partial charge in [0, 0.05) is 11.7 Å². The van der Waals surface area contributed by atoms with E-state index in [0.29, 0.717) is 5.69 Å². The van der Waals surface area contributed by atoms with Crippen molar-refractivity contribution in [2.75, 3.05) is 5.32 Å². The number of hydrogen-bond donors (Lipinski definition) is 2. The van der Waals surface area contributed by atoms with Crippen molar-refractivity contribution in [1.82, 2.24) is 4.72 Å². The quantitative estimate of drug-likeness (QED) is 0.686. The number of anilines is 1. The minimum Gasteiger partial charge on any atom is -0.449 e. The zero-order valence-corrected chi connectivity index (χ0v) is 16.4. The molecule has 0 heterocycles. The Labute approximate surface area is 163 Å². The van der Waals surface area contributed by atoms with Crippen LogP contribution < -0.4 is 10.0 Å². The summed E-state index contributed by atoms with van der Waals surface area (Å²) in [5.74, 6) is -1.84. The molecule has 7 nitrogen and oxygen atoms in total. The number of hydrogen-bond acceptors (Lipinski definition) is 5. The maximum Gasteiger partial charge on any atom is 0.338 e. The maximum absolute atomic E-state index is 12.9. The van der Waals surface area contributed by atoms with Crippen molar-refractivity contribution in [2.45, 2.75) is 37.8 Å². The molecule has 2 rings (SSSR count). The number of carbonyl (C=O) groups is 2. The van der Waals surface area contributed by atoms with Crippen LogP contribution in [-0.4, -0.2) is 32.4 Å². The van der Waals surface area contributed by atoms with Gasteiger partial charge >= 0.3 is 5.97 Å². The fourth-order valence-corrected chi connectivity index (χ4v) is 3.46. The zero-order valence-electron chi connectivity index (χ0n) is 15.6. The Bertz CT molecular complexity index is 941. The summed E-state index contributed by atoms with van der Waals surface area (Å²) in [4.78, 5) is 24.2. The van der Waals surface area contributed by atoms with Crippen LogP contribution in [0.3, 0.4) is 0 Å². The monoisotopic (exact) mass is 408 g/mol. The second-order valence-electron chi connectivity index (χ2n) is 6.34. The van der Waals surface area contributed by atoms with Gasteiger partial charge in [0.05, 0.1) is 10.5 Å². The average molecular weight is 408 g/mol. The van der Waals surface area contributed by atoms with Crippen LogP contribution in [0.2, 0.25) is 0 Å². The number of ether oxygens (including phenoxy) is 1. The van der Waals surface area contributed by atoms with Gasteiger partial charge in [-0.1, -0.05) is 0 Å². The van der Waals surface area contributed by atoms with E-state index >= 15 is 0 Å². The van der Waals surface area contributed by atoms with Crippen molar-refractivity contribution in [1.29, 1.82) is 0 Å². The SMILES string of the molecule is CC(C)NS(=O)(=O)c1ccc(NC(=O)C(C)OC(=O)c2ccc(F)cc2)cc1. The van der Waals surface area contributed by atoms with Crippen molar-refractivity contribution in [3.63, 3.8) is 0 Å². The molecule has 1 unspecified atom stereocenters. The van der Waals surface area contributed by atoms with Gasteiger partial charge in [0.1, 0.15) is 5.82 Å². The van der Waals surface area contributed by atoms with E-state index in [1.807, 2.05) is 0 Å². The Hall–Kier alpha value is -2.78. The molecule has 0 saturated heterocycles. The van der Waals surface area contributed by atoms with Crippen LogP contribution in [0.25, 0.3) is 0 Å². The third-order valence-corrected chi connectivity index (χ3v) is 5.23. The van der Waals surface area contributed by atoms with E-state index in [9.17, 15) is 22.4 Å². The summed E-state index contributed by atoms with van der Waals surface area (Å²) in [6.45, 7) is 4.81. The van der Waals surface area contributed by atoms with E-state index in [1.165, 1.54) is 43.3 Å². The van der Waals surface area contributed by atoms with Crippen molar-refractivity contribution in [2.24, 2.45) is 0 Å². The highest BCUT2D eigenvalue weighted by Gasteiger charge is 2.20. The Balaban J connectivity index is 1.98. The molecule has 150 valence electrons. The van der Waals surface area contributed by atoms with E-state index in [0.717, 1.165) is 12.1 Å². The van der Waals surface area contributed by atoms with Crippen LogP contribution in [0.5, 0.6) is 0 Å². The molecule has 1 atom stereocenters. The molecule has 9 heteroatoms. The van der Waals surface area contributed by atoms with E-state index < -0.39 is 33.8 Å². The number of sulfonamides is 1. The van der Waals surface area contributed by atoms with Gasteiger partial charge in [-0.3, -0.25) is 4.79 Å². The second-order valence-corrected chi connectivity index (χ2v) is 8.06. The molecule has 2 aromatic rings. The van der Waals surface area contributed by atoms with Crippen molar-refractivity contribution < 1.29 is 27.1 Å². The van der Waals surface area contributed by atoms with Crippen LogP contribution in [0.1, 0.15) is 31.1 Å². The first-order chi connectivity index (χ1) is 13.1. The Kier molecular flexibility index (Phi) is 6.87. The zero-order chi connectivity index (χ0) is 20.9. The van der Waals surface area contributed by atoms with Crippen LogP contribution in [0.15, 0.2) is 53.4 Å². The van der Waals surface area contributed by atoms with Crippen molar-refractivity contribution in [3.05, 3.63) is 59.9 Å². The average Bonchev–Trinajstić information content (AvgIpc) is 2.61. The van der Waals surface area contributed by atoms with Gasteiger partial charge in [0.25, 0.3) is 5.91 Å². The molecule has 0 aliphatic heterocycles. The number of amides is 1. The predicted molar refractivity (Wildman–Crippen MR) is 102 cm³/mol. The lowest BCUT2D eigenvalue weighted by Crippen LogP contribution is -2.30. The summed E-state index contributed by atoms with van der Waals surface area (Å²) in [7, 11) is -3.63. The lowest BCUT2D eigenvalue weighted by Gasteiger charge is -2.14. The third-order valence-electron chi connectivity index (χ3n) is 3.56. The van der Waals surface area contributed by atoms with Crippen LogP contribution >= 0.6 is 0 Å². The number of nitrogens with one attached hydrogen (secondary N) is 2. The van der Waals surface area contributed by atoms with Crippen molar-refractivity contribution in [3.8, 4) is 0 Å². The molecule has 0 aliphatic carbocycles. The van der Waals surface area contributed by atoms with E-state index in [1.54, 1.807) is 13.8 Å². The van der Waals surface area contributed by atoms with Gasteiger partial charge in [-0.05, 0) is 69.3 Å². The van der Waals surface area contributed by atoms with Gasteiger partial charge < -0.3 is 10.1 Å². The molecular formula is C19H21FN2O5S. The summed E-state index contributed by atoms with van der Waals surface area (Å²) in [6.07, 6.45) is -1.11. The van der Waals surface area contributed by atoms with Gasteiger partial charge in [-0.2, -0.15) is 0 Å². The molecule has 0 radical (unpaired) electrons. The van der Waals surface area contributed by atoms with Gasteiger partial charge in [-0.25, -0.2) is 22.3 Å². The first kappa shape index (κ1) is 21.5. The highest BCUT2D eigenvalue weighted by Crippen LogP contribution is 2.15. The summed E-state index contributed by atoms with van der Waals surface area (Å²) in [5.41, 5.74) is 0.464. The molecule has 0 aliphatic rings. The predicted octanol–water partition coefficient (Wildman–Crippen LogP) is 2.70. The summed E-state index contributed by atoms with van der Waals surface area (Å²) < 4.78 is 44.6. The number of esters is 1. The number of halogens is 1. The molecule has 1 amide bonds.